The quantitative estimate of drug-likeness (QED) is 0.556. The van der Waals surface area contributed by atoms with Crippen LogP contribution in [0.25, 0.3) is 0 Å². The van der Waals surface area contributed by atoms with Gasteiger partial charge in [-0.1, -0.05) is 33.6 Å². The summed E-state index contributed by atoms with van der Waals surface area (Å²) in [6.07, 6.45) is 6.01. The van der Waals surface area contributed by atoms with Crippen molar-refractivity contribution in [3.05, 3.63) is 6.08 Å². The molecule has 1 heteroatoms. The van der Waals surface area contributed by atoms with Gasteiger partial charge in [0.05, 0.1) is 0 Å². The second-order valence-corrected chi connectivity index (χ2v) is 3.44. The first kappa shape index (κ1) is 10.4. The van der Waals surface area contributed by atoms with Crippen LogP contribution in [0.3, 0.4) is 0 Å². The zero-order chi connectivity index (χ0) is 8.74. The summed E-state index contributed by atoms with van der Waals surface area (Å²) in [6.45, 7) is 6.58. The first-order chi connectivity index (χ1) is 5.18. The molecule has 0 aliphatic rings. The molecule has 0 aromatic carbocycles. The summed E-state index contributed by atoms with van der Waals surface area (Å²) in [4.78, 5) is 9.99. The van der Waals surface area contributed by atoms with Crippen molar-refractivity contribution in [3.8, 4) is 0 Å². The van der Waals surface area contributed by atoms with Crippen LogP contribution in [0.1, 0.15) is 46.5 Å². The number of hydrogen-bond donors (Lipinski definition) is 0. The molecule has 1 unspecified atom stereocenters. The molecule has 0 bridgehead atoms. The van der Waals surface area contributed by atoms with E-state index in [4.69, 9.17) is 0 Å². The number of hydrogen-bond acceptors (Lipinski definition) is 1. The van der Waals surface area contributed by atoms with Crippen LogP contribution in [0, 0.1) is 5.41 Å². The largest absolute Gasteiger partial charge is 0.234 e. The maximum absolute atomic E-state index is 9.99. The second kappa shape index (κ2) is 5.15. The molecule has 0 saturated heterocycles. The third kappa shape index (κ3) is 4.00. The maximum atomic E-state index is 9.99. The van der Waals surface area contributed by atoms with E-state index in [1.54, 1.807) is 6.08 Å². The Morgan fingerprint density at radius 2 is 2.09 bits per heavy atom. The SMILES string of the molecule is CCCC(C)(CC)CC=C=O. The Kier molecular flexibility index (Phi) is 4.89. The van der Waals surface area contributed by atoms with Gasteiger partial charge in [0.2, 0.25) is 0 Å². The second-order valence-electron chi connectivity index (χ2n) is 3.44. The summed E-state index contributed by atoms with van der Waals surface area (Å²) in [5.74, 6) is 1.84. The molecule has 11 heavy (non-hydrogen) atoms. The van der Waals surface area contributed by atoms with Crippen LogP contribution in [-0.2, 0) is 4.79 Å². The van der Waals surface area contributed by atoms with Gasteiger partial charge in [-0.3, -0.25) is 0 Å². The smallest absolute Gasteiger partial charge is 0.120 e. The number of rotatable bonds is 5. The van der Waals surface area contributed by atoms with Crippen molar-refractivity contribution in [1.29, 1.82) is 0 Å². The van der Waals surface area contributed by atoms with Crippen LogP contribution in [0.15, 0.2) is 6.08 Å². The standard InChI is InChI=1S/C10H18O/c1-4-7-10(3,5-2)8-6-9-11/h6H,4-5,7-8H2,1-3H3. The molecule has 0 N–H and O–H groups in total. The zero-order valence-electron chi connectivity index (χ0n) is 7.81. The molecule has 0 aliphatic carbocycles. The van der Waals surface area contributed by atoms with Gasteiger partial charge >= 0.3 is 0 Å². The van der Waals surface area contributed by atoms with Crippen molar-refractivity contribution in [2.45, 2.75) is 46.5 Å². The Hall–Kier alpha value is -0.550. The molecule has 0 saturated carbocycles. The van der Waals surface area contributed by atoms with E-state index in [1.807, 2.05) is 5.94 Å². The topological polar surface area (TPSA) is 17.1 Å². The summed E-state index contributed by atoms with van der Waals surface area (Å²) in [5, 5.41) is 0. The van der Waals surface area contributed by atoms with Gasteiger partial charge in [-0.25, -0.2) is 4.79 Å². The Morgan fingerprint density at radius 3 is 2.45 bits per heavy atom. The van der Waals surface area contributed by atoms with Crippen LogP contribution in [-0.4, -0.2) is 5.94 Å². The van der Waals surface area contributed by atoms with E-state index >= 15 is 0 Å². The average Bonchev–Trinajstić information content (AvgIpc) is 2.02. The number of allylic oxidation sites excluding steroid dienone is 1. The molecule has 0 spiro atoms. The Morgan fingerprint density at radius 1 is 1.45 bits per heavy atom. The summed E-state index contributed by atoms with van der Waals surface area (Å²) < 4.78 is 0. The van der Waals surface area contributed by atoms with E-state index in [0.29, 0.717) is 5.41 Å². The van der Waals surface area contributed by atoms with Gasteiger partial charge in [0.25, 0.3) is 0 Å². The Labute approximate surface area is 69.5 Å². The molecule has 0 amide bonds. The normalized spacial score (nSPS) is 15.2. The molecule has 64 valence electrons. The molecular formula is C10H18O. The summed E-state index contributed by atoms with van der Waals surface area (Å²) in [5.41, 5.74) is 0.326. The molecule has 0 aromatic rings. The predicted octanol–water partition coefficient (Wildman–Crippen LogP) is 2.98. The summed E-state index contributed by atoms with van der Waals surface area (Å²) in [7, 11) is 0. The van der Waals surface area contributed by atoms with Crippen LogP contribution in [0.4, 0.5) is 0 Å². The fraction of sp³-hybridized carbons (Fsp3) is 0.800. The van der Waals surface area contributed by atoms with Gasteiger partial charge in [0, 0.05) is 6.08 Å². The highest BCUT2D eigenvalue weighted by Gasteiger charge is 2.18. The third-order valence-corrected chi connectivity index (χ3v) is 2.39. The molecule has 0 fully saturated rings. The monoisotopic (exact) mass is 154 g/mol. The molecule has 0 rings (SSSR count). The molecule has 0 heterocycles. The van der Waals surface area contributed by atoms with E-state index in [9.17, 15) is 4.79 Å². The van der Waals surface area contributed by atoms with E-state index in [-0.39, 0.29) is 0 Å². The number of carbonyl (C=O) groups excluding carboxylic acids is 1. The molecule has 0 aliphatic heterocycles. The van der Waals surface area contributed by atoms with Crippen molar-refractivity contribution in [1.82, 2.24) is 0 Å². The molecule has 0 aromatic heterocycles. The van der Waals surface area contributed by atoms with Crippen LogP contribution < -0.4 is 0 Å². The average molecular weight is 154 g/mol. The van der Waals surface area contributed by atoms with E-state index < -0.39 is 0 Å². The van der Waals surface area contributed by atoms with Gasteiger partial charge in [0.1, 0.15) is 5.94 Å². The van der Waals surface area contributed by atoms with Crippen LogP contribution in [0.2, 0.25) is 0 Å². The first-order valence-electron chi connectivity index (χ1n) is 4.38. The predicted molar refractivity (Wildman–Crippen MR) is 48.2 cm³/mol. The highest BCUT2D eigenvalue weighted by Crippen LogP contribution is 2.31. The lowest BCUT2D eigenvalue weighted by molar-refractivity contribution is 0.285. The van der Waals surface area contributed by atoms with Crippen LogP contribution >= 0.6 is 0 Å². The van der Waals surface area contributed by atoms with Gasteiger partial charge in [-0.2, -0.15) is 0 Å². The minimum absolute atomic E-state index is 0.326. The lowest BCUT2D eigenvalue weighted by atomic mass is 9.80. The minimum Gasteiger partial charge on any atom is -0.234 e. The van der Waals surface area contributed by atoms with E-state index in [0.717, 1.165) is 12.8 Å². The fourth-order valence-corrected chi connectivity index (χ4v) is 1.31. The van der Waals surface area contributed by atoms with Crippen molar-refractivity contribution in [2.24, 2.45) is 5.41 Å². The molecule has 0 radical (unpaired) electrons. The highest BCUT2D eigenvalue weighted by molar-refractivity contribution is 5.44. The highest BCUT2D eigenvalue weighted by atomic mass is 16.1. The third-order valence-electron chi connectivity index (χ3n) is 2.39. The summed E-state index contributed by atoms with van der Waals surface area (Å²) in [6, 6.07) is 0. The van der Waals surface area contributed by atoms with Gasteiger partial charge in [-0.15, -0.1) is 0 Å². The van der Waals surface area contributed by atoms with Crippen LogP contribution in [0.5, 0.6) is 0 Å². The molecule has 1 nitrogen and oxygen atoms in total. The van der Waals surface area contributed by atoms with Gasteiger partial charge in [-0.05, 0) is 18.3 Å². The van der Waals surface area contributed by atoms with Crippen molar-refractivity contribution < 1.29 is 4.79 Å². The first-order valence-corrected chi connectivity index (χ1v) is 4.38. The van der Waals surface area contributed by atoms with Gasteiger partial charge < -0.3 is 0 Å². The molecule has 1 atom stereocenters. The minimum atomic E-state index is 0.326. The van der Waals surface area contributed by atoms with Gasteiger partial charge in [0.15, 0.2) is 0 Å². The lowest BCUT2D eigenvalue weighted by Crippen LogP contribution is -2.13. The zero-order valence-corrected chi connectivity index (χ0v) is 7.81. The van der Waals surface area contributed by atoms with E-state index in [1.165, 1.54) is 12.8 Å². The Balaban J connectivity index is 3.97. The van der Waals surface area contributed by atoms with Crippen molar-refractivity contribution in [3.63, 3.8) is 0 Å². The lowest BCUT2D eigenvalue weighted by Gasteiger charge is -2.25. The van der Waals surface area contributed by atoms with E-state index in [2.05, 4.69) is 20.8 Å². The van der Waals surface area contributed by atoms with Crippen molar-refractivity contribution >= 4 is 5.94 Å². The summed E-state index contributed by atoms with van der Waals surface area (Å²) >= 11 is 0. The molecular weight excluding hydrogens is 136 g/mol. The Bertz CT molecular complexity index is 145. The van der Waals surface area contributed by atoms with Crippen molar-refractivity contribution in [2.75, 3.05) is 0 Å². The maximum Gasteiger partial charge on any atom is 0.120 e. The fourth-order valence-electron chi connectivity index (χ4n) is 1.31.